The van der Waals surface area contributed by atoms with Gasteiger partial charge in [0.15, 0.2) is 0 Å². The topological polar surface area (TPSA) is 88.8 Å². The molecule has 1 heterocycles. The van der Waals surface area contributed by atoms with Crippen LogP contribution >= 0.6 is 11.8 Å². The fourth-order valence-electron chi connectivity index (χ4n) is 3.22. The number of carbonyl (C=O) groups excluding carboxylic acids is 1. The Bertz CT molecular complexity index is 945. The zero-order valence-electron chi connectivity index (χ0n) is 17.8. The first kappa shape index (κ1) is 22.9. The maximum Gasteiger partial charge on any atom is 0.326 e. The van der Waals surface area contributed by atoms with Gasteiger partial charge < -0.3 is 19.6 Å². The second-order valence-corrected chi connectivity index (χ2v) is 7.97. The number of aliphatic carboxylic acids is 1. The first-order chi connectivity index (χ1) is 13.7. The van der Waals surface area contributed by atoms with E-state index in [1.165, 1.54) is 6.08 Å². The molecule has 1 amide bonds. The molecule has 0 spiro atoms. The van der Waals surface area contributed by atoms with E-state index in [9.17, 15) is 14.7 Å². The monoisotopic (exact) mass is 419 g/mol. The minimum Gasteiger partial charge on any atom is -0.493 e. The van der Waals surface area contributed by atoms with Crippen molar-refractivity contribution >= 4 is 40.2 Å². The van der Waals surface area contributed by atoms with Crippen molar-refractivity contribution in [1.29, 1.82) is 0 Å². The molecule has 0 radical (unpaired) electrons. The molecule has 0 aliphatic rings. The molecule has 2 rings (SSSR count). The van der Waals surface area contributed by atoms with E-state index in [2.05, 4.69) is 5.32 Å². The van der Waals surface area contributed by atoms with Crippen molar-refractivity contribution in [1.82, 2.24) is 5.32 Å². The van der Waals surface area contributed by atoms with Gasteiger partial charge in [0, 0.05) is 22.6 Å². The molecule has 1 aromatic heterocycles. The molecule has 1 unspecified atom stereocenters. The number of thioether (sulfide) groups is 1. The molecule has 1 aromatic carbocycles. The van der Waals surface area contributed by atoms with Gasteiger partial charge in [-0.05, 0) is 70.3 Å². The van der Waals surface area contributed by atoms with Gasteiger partial charge >= 0.3 is 5.97 Å². The van der Waals surface area contributed by atoms with E-state index in [0.29, 0.717) is 30.1 Å². The zero-order chi connectivity index (χ0) is 21.7. The predicted octanol–water partition coefficient (Wildman–Crippen LogP) is 4.48. The number of fused-ring (bicyclic) bond motifs is 1. The Morgan fingerprint density at radius 2 is 2.00 bits per heavy atom. The third kappa shape index (κ3) is 5.15. The highest BCUT2D eigenvalue weighted by molar-refractivity contribution is 7.98. The lowest BCUT2D eigenvalue weighted by atomic mass is 9.98. The lowest BCUT2D eigenvalue weighted by Crippen LogP contribution is -2.40. The standard InChI is InChI=1S/C22H29NO5S/c1-7-27-20-14(4)21-17(13(3)15(5)28-21)11-16(20)12(2)10-19(24)23-18(22(25)26)8-9-29-6/h10-11,18H,7-9H2,1-6H3,(H,23,24)(H,25,26)/b12-10+. The highest BCUT2D eigenvalue weighted by atomic mass is 32.2. The first-order valence-corrected chi connectivity index (χ1v) is 11.0. The molecule has 0 bridgehead atoms. The van der Waals surface area contributed by atoms with E-state index < -0.39 is 17.9 Å². The van der Waals surface area contributed by atoms with Gasteiger partial charge in [0.05, 0.1) is 6.61 Å². The van der Waals surface area contributed by atoms with Crippen molar-refractivity contribution in [2.75, 3.05) is 18.6 Å². The molecule has 2 N–H and O–H groups in total. The Morgan fingerprint density at radius 1 is 1.31 bits per heavy atom. The number of nitrogens with one attached hydrogen (secondary N) is 1. The van der Waals surface area contributed by atoms with Crippen LogP contribution < -0.4 is 10.1 Å². The molecular weight excluding hydrogens is 390 g/mol. The molecule has 6 nitrogen and oxygen atoms in total. The highest BCUT2D eigenvalue weighted by Crippen LogP contribution is 2.38. The fourth-order valence-corrected chi connectivity index (χ4v) is 3.69. The number of carboxylic acids is 1. The van der Waals surface area contributed by atoms with Crippen molar-refractivity contribution in [3.63, 3.8) is 0 Å². The normalized spacial score (nSPS) is 12.8. The number of ether oxygens (including phenoxy) is 1. The first-order valence-electron chi connectivity index (χ1n) is 9.58. The molecule has 29 heavy (non-hydrogen) atoms. The molecule has 2 aromatic rings. The van der Waals surface area contributed by atoms with Crippen molar-refractivity contribution < 1.29 is 23.8 Å². The summed E-state index contributed by atoms with van der Waals surface area (Å²) in [5.74, 6) is 0.711. The Hall–Kier alpha value is -2.41. The number of carboxylic acid groups (broad SMARTS) is 1. The Kier molecular flexibility index (Phi) is 7.79. The van der Waals surface area contributed by atoms with Gasteiger partial charge in [-0.1, -0.05) is 0 Å². The number of amides is 1. The smallest absolute Gasteiger partial charge is 0.326 e. The van der Waals surface area contributed by atoms with Crippen LogP contribution in [0.1, 0.15) is 42.7 Å². The van der Waals surface area contributed by atoms with E-state index in [1.54, 1.807) is 11.8 Å². The number of furan rings is 1. The largest absolute Gasteiger partial charge is 0.493 e. The molecule has 1 atom stereocenters. The van der Waals surface area contributed by atoms with E-state index in [1.807, 2.05) is 46.9 Å². The van der Waals surface area contributed by atoms with Crippen molar-refractivity contribution in [3.05, 3.63) is 34.6 Å². The lowest BCUT2D eigenvalue weighted by Gasteiger charge is -2.15. The summed E-state index contributed by atoms with van der Waals surface area (Å²) in [6.45, 7) is 10.1. The van der Waals surface area contributed by atoms with Crippen LogP contribution in [0.25, 0.3) is 16.5 Å². The summed E-state index contributed by atoms with van der Waals surface area (Å²) in [7, 11) is 0. The number of hydrogen-bond acceptors (Lipinski definition) is 5. The summed E-state index contributed by atoms with van der Waals surface area (Å²) < 4.78 is 11.8. The second kappa shape index (κ2) is 9.87. The van der Waals surface area contributed by atoms with Crippen molar-refractivity contribution in [3.8, 4) is 5.75 Å². The quantitative estimate of drug-likeness (QED) is 0.583. The third-order valence-corrected chi connectivity index (χ3v) is 5.58. The average Bonchev–Trinajstić information content (AvgIpc) is 2.95. The van der Waals surface area contributed by atoms with Crippen LogP contribution in [0, 0.1) is 20.8 Å². The summed E-state index contributed by atoms with van der Waals surface area (Å²) in [5.41, 5.74) is 4.21. The Balaban J connectivity index is 2.43. The van der Waals surface area contributed by atoms with E-state index in [4.69, 9.17) is 9.15 Å². The van der Waals surface area contributed by atoms with Crippen LogP contribution in [-0.4, -0.2) is 41.6 Å². The summed E-state index contributed by atoms with van der Waals surface area (Å²) in [5, 5.41) is 12.9. The number of carbonyl (C=O) groups is 2. The summed E-state index contributed by atoms with van der Waals surface area (Å²) in [6, 6.07) is 1.06. The molecular formula is C22H29NO5S. The summed E-state index contributed by atoms with van der Waals surface area (Å²) in [6.07, 6.45) is 3.70. The maximum atomic E-state index is 12.5. The zero-order valence-corrected chi connectivity index (χ0v) is 18.7. The van der Waals surface area contributed by atoms with Crippen LogP contribution in [0.3, 0.4) is 0 Å². The number of benzene rings is 1. The van der Waals surface area contributed by atoms with Gasteiger partial charge in [-0.3, -0.25) is 4.79 Å². The number of rotatable bonds is 9. The maximum absolute atomic E-state index is 12.5. The minimum absolute atomic E-state index is 0.373. The van der Waals surface area contributed by atoms with Gasteiger partial charge in [0.2, 0.25) is 5.91 Å². The predicted molar refractivity (Wildman–Crippen MR) is 118 cm³/mol. The molecule has 0 saturated carbocycles. The molecule has 0 saturated heterocycles. The molecule has 0 aliphatic heterocycles. The van der Waals surface area contributed by atoms with Crippen LogP contribution in [-0.2, 0) is 9.59 Å². The van der Waals surface area contributed by atoms with Gasteiger partial charge in [0.1, 0.15) is 23.1 Å². The molecule has 158 valence electrons. The van der Waals surface area contributed by atoms with Gasteiger partial charge in [-0.2, -0.15) is 11.8 Å². The molecule has 0 aliphatic carbocycles. The SMILES string of the molecule is CCOc1c(/C(C)=C/C(=O)NC(CCSC)C(=O)O)cc2c(C)c(C)oc2c1C. The minimum atomic E-state index is -1.03. The summed E-state index contributed by atoms with van der Waals surface area (Å²) >= 11 is 1.54. The van der Waals surface area contributed by atoms with Crippen LogP contribution in [0.4, 0.5) is 0 Å². The molecule has 0 fully saturated rings. The van der Waals surface area contributed by atoms with Crippen LogP contribution in [0.5, 0.6) is 5.75 Å². The van der Waals surface area contributed by atoms with Crippen LogP contribution in [0.15, 0.2) is 16.6 Å². The molecule has 7 heteroatoms. The number of allylic oxidation sites excluding steroid dienone is 1. The number of aryl methyl sites for hydroxylation is 3. The lowest BCUT2D eigenvalue weighted by molar-refractivity contribution is -0.141. The van der Waals surface area contributed by atoms with Crippen molar-refractivity contribution in [2.24, 2.45) is 0 Å². The van der Waals surface area contributed by atoms with Crippen molar-refractivity contribution in [2.45, 2.75) is 47.1 Å². The number of hydrogen-bond donors (Lipinski definition) is 2. The van der Waals surface area contributed by atoms with Gasteiger partial charge in [-0.25, -0.2) is 4.79 Å². The highest BCUT2D eigenvalue weighted by Gasteiger charge is 2.21. The Morgan fingerprint density at radius 3 is 2.59 bits per heavy atom. The van der Waals surface area contributed by atoms with E-state index in [0.717, 1.165) is 33.4 Å². The second-order valence-electron chi connectivity index (χ2n) is 6.98. The Labute approximate surface area is 175 Å². The van der Waals surface area contributed by atoms with Gasteiger partial charge in [-0.15, -0.1) is 0 Å². The van der Waals surface area contributed by atoms with Crippen LogP contribution in [0.2, 0.25) is 0 Å². The van der Waals surface area contributed by atoms with Gasteiger partial charge in [0.25, 0.3) is 0 Å². The van der Waals surface area contributed by atoms with E-state index >= 15 is 0 Å². The van der Waals surface area contributed by atoms with E-state index in [-0.39, 0.29) is 0 Å². The fraction of sp³-hybridized carbons (Fsp3) is 0.455. The third-order valence-electron chi connectivity index (χ3n) is 4.93. The summed E-state index contributed by atoms with van der Waals surface area (Å²) in [4.78, 5) is 23.9. The average molecular weight is 420 g/mol.